The summed E-state index contributed by atoms with van der Waals surface area (Å²) in [6, 6.07) is 1.72. The van der Waals surface area contributed by atoms with Gasteiger partial charge < -0.3 is 14.4 Å². The molecule has 1 aromatic heterocycles. The molecule has 1 aromatic rings. The average molecular weight is 307 g/mol. The predicted molar refractivity (Wildman–Crippen MR) is 78.1 cm³/mol. The van der Waals surface area contributed by atoms with Crippen LogP contribution in [0, 0.1) is 0 Å². The Morgan fingerprint density at radius 2 is 2.09 bits per heavy atom. The van der Waals surface area contributed by atoms with Crippen LogP contribution >= 0.6 is 0 Å². The number of rotatable bonds is 6. The topological polar surface area (TPSA) is 81.6 Å². The van der Waals surface area contributed by atoms with Crippen molar-refractivity contribution in [1.29, 1.82) is 0 Å². The maximum atomic E-state index is 12.0. The second-order valence-electron chi connectivity index (χ2n) is 5.05. The van der Waals surface area contributed by atoms with Gasteiger partial charge in [-0.15, -0.1) is 0 Å². The van der Waals surface area contributed by atoms with E-state index in [0.717, 1.165) is 12.8 Å². The van der Waals surface area contributed by atoms with Gasteiger partial charge in [0.15, 0.2) is 0 Å². The van der Waals surface area contributed by atoms with Crippen molar-refractivity contribution >= 4 is 11.9 Å². The molecule has 1 saturated heterocycles. The summed E-state index contributed by atoms with van der Waals surface area (Å²) >= 11 is 0. The first-order valence-electron chi connectivity index (χ1n) is 7.55. The van der Waals surface area contributed by atoms with Crippen LogP contribution in [0.1, 0.15) is 32.6 Å². The fraction of sp³-hybridized carbons (Fsp3) is 0.600. The SMILES string of the molecule is CCOC(=O)CCC(=O)N1CCC(Oc2ccncn2)CC1. The summed E-state index contributed by atoms with van der Waals surface area (Å²) in [7, 11) is 0. The number of hydrogen-bond donors (Lipinski definition) is 0. The molecule has 0 saturated carbocycles. The van der Waals surface area contributed by atoms with Crippen molar-refractivity contribution in [3.8, 4) is 5.88 Å². The van der Waals surface area contributed by atoms with Crippen LogP contribution in [0.3, 0.4) is 0 Å². The fourth-order valence-corrected chi connectivity index (χ4v) is 2.34. The third-order valence-corrected chi connectivity index (χ3v) is 3.49. The Balaban J connectivity index is 1.70. The standard InChI is InChI=1S/C15H21N3O4/c1-2-21-15(20)4-3-14(19)18-9-6-12(7-10-18)22-13-5-8-16-11-17-13/h5,8,11-12H,2-4,6-7,9-10H2,1H3. The van der Waals surface area contributed by atoms with Gasteiger partial charge in [-0.05, 0) is 6.92 Å². The first kappa shape index (κ1) is 16.2. The minimum atomic E-state index is -0.321. The van der Waals surface area contributed by atoms with E-state index in [0.29, 0.717) is 25.6 Å². The van der Waals surface area contributed by atoms with Crippen LogP contribution in [0.5, 0.6) is 5.88 Å². The van der Waals surface area contributed by atoms with E-state index in [-0.39, 0.29) is 30.8 Å². The number of aromatic nitrogens is 2. The second kappa shape index (κ2) is 8.31. The number of amides is 1. The Kier molecular flexibility index (Phi) is 6.12. The molecule has 22 heavy (non-hydrogen) atoms. The summed E-state index contributed by atoms with van der Waals surface area (Å²) in [5.41, 5.74) is 0. The molecule has 120 valence electrons. The molecule has 0 bridgehead atoms. The normalized spacial score (nSPS) is 15.4. The summed E-state index contributed by atoms with van der Waals surface area (Å²) < 4.78 is 10.6. The molecule has 1 fully saturated rings. The molecule has 0 radical (unpaired) electrons. The van der Waals surface area contributed by atoms with Crippen LogP contribution in [0.2, 0.25) is 0 Å². The van der Waals surface area contributed by atoms with Gasteiger partial charge in [0.25, 0.3) is 0 Å². The summed E-state index contributed by atoms with van der Waals surface area (Å²) in [6.45, 7) is 3.37. The zero-order valence-electron chi connectivity index (χ0n) is 12.7. The highest BCUT2D eigenvalue weighted by Crippen LogP contribution is 2.17. The third-order valence-electron chi connectivity index (χ3n) is 3.49. The van der Waals surface area contributed by atoms with E-state index in [1.807, 2.05) is 0 Å². The maximum Gasteiger partial charge on any atom is 0.306 e. The first-order valence-corrected chi connectivity index (χ1v) is 7.55. The van der Waals surface area contributed by atoms with Crippen molar-refractivity contribution in [2.24, 2.45) is 0 Å². The van der Waals surface area contributed by atoms with Crippen molar-refractivity contribution in [2.45, 2.75) is 38.7 Å². The lowest BCUT2D eigenvalue weighted by molar-refractivity contribution is -0.146. The van der Waals surface area contributed by atoms with Crippen LogP contribution in [0.4, 0.5) is 0 Å². The Bertz CT molecular complexity index is 487. The Hall–Kier alpha value is -2.18. The number of esters is 1. The van der Waals surface area contributed by atoms with Crippen molar-refractivity contribution in [3.63, 3.8) is 0 Å². The predicted octanol–water partition coefficient (Wildman–Crippen LogP) is 1.19. The van der Waals surface area contributed by atoms with Crippen LogP contribution in [0.25, 0.3) is 0 Å². The largest absolute Gasteiger partial charge is 0.474 e. The van der Waals surface area contributed by atoms with E-state index in [1.165, 1.54) is 6.33 Å². The van der Waals surface area contributed by atoms with Gasteiger partial charge in [0.05, 0.1) is 13.0 Å². The maximum absolute atomic E-state index is 12.0. The van der Waals surface area contributed by atoms with Crippen molar-refractivity contribution in [3.05, 3.63) is 18.6 Å². The lowest BCUT2D eigenvalue weighted by Crippen LogP contribution is -2.42. The van der Waals surface area contributed by atoms with Crippen LogP contribution < -0.4 is 4.74 Å². The van der Waals surface area contributed by atoms with Gasteiger partial charge in [-0.2, -0.15) is 0 Å². The quantitative estimate of drug-likeness (QED) is 0.734. The molecule has 7 heteroatoms. The average Bonchev–Trinajstić information content (AvgIpc) is 2.54. The van der Waals surface area contributed by atoms with E-state index < -0.39 is 0 Å². The number of likely N-dealkylation sites (tertiary alicyclic amines) is 1. The van der Waals surface area contributed by atoms with Crippen molar-refractivity contribution in [1.82, 2.24) is 14.9 Å². The summed E-state index contributed by atoms with van der Waals surface area (Å²) in [5, 5.41) is 0. The van der Waals surface area contributed by atoms with Gasteiger partial charge in [-0.25, -0.2) is 9.97 Å². The smallest absolute Gasteiger partial charge is 0.306 e. The molecular weight excluding hydrogens is 286 g/mol. The first-order chi connectivity index (χ1) is 10.7. The zero-order chi connectivity index (χ0) is 15.8. The monoisotopic (exact) mass is 307 g/mol. The summed E-state index contributed by atoms with van der Waals surface area (Å²) in [5.74, 6) is 0.230. The van der Waals surface area contributed by atoms with Gasteiger partial charge in [0.2, 0.25) is 11.8 Å². The van der Waals surface area contributed by atoms with Crippen LogP contribution in [0.15, 0.2) is 18.6 Å². The van der Waals surface area contributed by atoms with Gasteiger partial charge in [0, 0.05) is 44.6 Å². The third kappa shape index (κ3) is 4.98. The number of carbonyl (C=O) groups excluding carboxylic acids is 2. The van der Waals surface area contributed by atoms with E-state index >= 15 is 0 Å². The lowest BCUT2D eigenvalue weighted by Gasteiger charge is -2.31. The molecule has 2 heterocycles. The Morgan fingerprint density at radius 3 is 2.73 bits per heavy atom. The summed E-state index contributed by atoms with van der Waals surface area (Å²) in [4.78, 5) is 32.9. The molecule has 1 amide bonds. The molecule has 7 nitrogen and oxygen atoms in total. The molecule has 1 aliphatic rings. The van der Waals surface area contributed by atoms with Gasteiger partial charge in [0.1, 0.15) is 12.4 Å². The van der Waals surface area contributed by atoms with E-state index in [2.05, 4.69) is 9.97 Å². The number of hydrogen-bond acceptors (Lipinski definition) is 6. The Morgan fingerprint density at radius 1 is 1.32 bits per heavy atom. The van der Waals surface area contributed by atoms with Gasteiger partial charge in [-0.3, -0.25) is 9.59 Å². The lowest BCUT2D eigenvalue weighted by atomic mass is 10.1. The van der Waals surface area contributed by atoms with Crippen molar-refractivity contribution < 1.29 is 19.1 Å². The van der Waals surface area contributed by atoms with Gasteiger partial charge >= 0.3 is 5.97 Å². The number of nitrogens with zero attached hydrogens (tertiary/aromatic N) is 3. The summed E-state index contributed by atoms with van der Waals surface area (Å²) in [6.07, 6.45) is 5.01. The number of ether oxygens (including phenoxy) is 2. The molecule has 2 rings (SSSR count). The van der Waals surface area contributed by atoms with Gasteiger partial charge in [-0.1, -0.05) is 0 Å². The van der Waals surface area contributed by atoms with E-state index in [1.54, 1.807) is 24.1 Å². The molecule has 0 N–H and O–H groups in total. The number of carbonyl (C=O) groups is 2. The number of piperidine rings is 1. The minimum Gasteiger partial charge on any atom is -0.474 e. The second-order valence-corrected chi connectivity index (χ2v) is 5.05. The highest BCUT2D eigenvalue weighted by Gasteiger charge is 2.24. The minimum absolute atomic E-state index is 0.00598. The zero-order valence-corrected chi connectivity index (χ0v) is 12.7. The molecule has 0 aliphatic carbocycles. The van der Waals surface area contributed by atoms with Crippen molar-refractivity contribution in [2.75, 3.05) is 19.7 Å². The van der Waals surface area contributed by atoms with E-state index in [9.17, 15) is 9.59 Å². The molecule has 0 unspecified atom stereocenters. The van der Waals surface area contributed by atoms with Crippen LogP contribution in [-0.2, 0) is 14.3 Å². The highest BCUT2D eigenvalue weighted by atomic mass is 16.5. The highest BCUT2D eigenvalue weighted by molar-refractivity contribution is 5.81. The van der Waals surface area contributed by atoms with Crippen LogP contribution in [-0.4, -0.2) is 52.5 Å². The molecule has 0 atom stereocenters. The molecular formula is C15H21N3O4. The molecule has 1 aliphatic heterocycles. The molecule has 0 aromatic carbocycles. The Labute approximate surface area is 129 Å². The molecule has 0 spiro atoms. The van der Waals surface area contributed by atoms with E-state index in [4.69, 9.17) is 9.47 Å². The fourth-order valence-electron chi connectivity index (χ4n) is 2.34.